The van der Waals surface area contributed by atoms with Gasteiger partial charge in [-0.25, -0.2) is 0 Å². The molecule has 1 unspecified atom stereocenters. The summed E-state index contributed by atoms with van der Waals surface area (Å²) in [6, 6.07) is 11.1. The number of ether oxygens (including phenoxy) is 1. The highest BCUT2D eigenvalue weighted by Crippen LogP contribution is 2.33. The molecule has 1 atom stereocenters. The van der Waals surface area contributed by atoms with Gasteiger partial charge in [0.05, 0.1) is 13.0 Å². The maximum Gasteiger partial charge on any atom is 0.312 e. The molecule has 5 heteroatoms. The number of methoxy groups -OCH3 is 1. The van der Waals surface area contributed by atoms with Crippen molar-refractivity contribution in [2.24, 2.45) is 5.11 Å². The number of carbonyl (C=O) groups is 1. The second-order valence-electron chi connectivity index (χ2n) is 4.16. The molecule has 0 aliphatic carbocycles. The van der Waals surface area contributed by atoms with Crippen LogP contribution in [0.25, 0.3) is 21.2 Å². The number of rotatable bonds is 3. The molecule has 0 amide bonds. The van der Waals surface area contributed by atoms with Gasteiger partial charge < -0.3 is 4.74 Å². The maximum atomic E-state index is 11.7. The molecule has 0 spiro atoms. The van der Waals surface area contributed by atoms with Crippen molar-refractivity contribution in [3.05, 3.63) is 52.4 Å². The van der Waals surface area contributed by atoms with Crippen LogP contribution in [0.15, 0.2) is 41.5 Å². The van der Waals surface area contributed by atoms with E-state index in [-0.39, 0.29) is 5.97 Å². The summed E-state index contributed by atoms with van der Waals surface area (Å²) in [6.45, 7) is 1.77. The molecule has 2 aromatic carbocycles. The van der Waals surface area contributed by atoms with Gasteiger partial charge in [-0.05, 0) is 28.8 Å². The third-order valence-corrected chi connectivity index (χ3v) is 3.09. The van der Waals surface area contributed by atoms with Crippen LogP contribution in [0.1, 0.15) is 18.4 Å². The lowest BCUT2D eigenvalue weighted by molar-refractivity contribution is -0.141. The van der Waals surface area contributed by atoms with Gasteiger partial charge in [-0.1, -0.05) is 41.5 Å². The Morgan fingerprint density at radius 3 is 2.63 bits per heavy atom. The first-order valence-corrected chi connectivity index (χ1v) is 5.83. The number of azide groups is 1. The molecule has 0 radical (unpaired) electrons. The first-order valence-electron chi connectivity index (χ1n) is 5.83. The molecule has 96 valence electrons. The van der Waals surface area contributed by atoms with Crippen LogP contribution in [0.2, 0.25) is 0 Å². The normalized spacial score (nSPS) is 11.7. The van der Waals surface area contributed by atoms with E-state index in [9.17, 15) is 4.79 Å². The summed E-state index contributed by atoms with van der Waals surface area (Å²) in [5.41, 5.74) is 9.95. The number of nitrogens with zero attached hydrogens (tertiary/aromatic N) is 3. The average molecular weight is 255 g/mol. The van der Waals surface area contributed by atoms with Gasteiger partial charge in [-0.3, -0.25) is 4.79 Å². The van der Waals surface area contributed by atoms with Gasteiger partial charge in [0.25, 0.3) is 0 Å². The number of hydrogen-bond acceptors (Lipinski definition) is 3. The van der Waals surface area contributed by atoms with Crippen molar-refractivity contribution >= 4 is 22.4 Å². The number of carbonyl (C=O) groups excluding carboxylic acids is 1. The predicted octanol–water partition coefficient (Wildman–Crippen LogP) is 4.06. The van der Waals surface area contributed by atoms with E-state index in [1.54, 1.807) is 13.0 Å². The lowest BCUT2D eigenvalue weighted by Crippen LogP contribution is -2.11. The Labute approximate surface area is 110 Å². The summed E-state index contributed by atoms with van der Waals surface area (Å²) < 4.78 is 4.77. The van der Waals surface area contributed by atoms with Crippen LogP contribution in [-0.4, -0.2) is 13.1 Å². The van der Waals surface area contributed by atoms with Gasteiger partial charge in [0.1, 0.15) is 0 Å². The Hall–Kier alpha value is -2.52. The summed E-state index contributed by atoms with van der Waals surface area (Å²) in [6.07, 6.45) is 0. The molecule has 0 aliphatic rings. The van der Waals surface area contributed by atoms with Crippen molar-refractivity contribution in [1.82, 2.24) is 0 Å². The van der Waals surface area contributed by atoms with Gasteiger partial charge in [0.2, 0.25) is 0 Å². The van der Waals surface area contributed by atoms with Gasteiger partial charge in [0, 0.05) is 10.6 Å². The van der Waals surface area contributed by atoms with Gasteiger partial charge in [-0.15, -0.1) is 0 Å². The predicted molar refractivity (Wildman–Crippen MR) is 73.2 cm³/mol. The number of hydrogen-bond donors (Lipinski definition) is 0. The van der Waals surface area contributed by atoms with E-state index in [0.29, 0.717) is 5.69 Å². The zero-order chi connectivity index (χ0) is 13.8. The van der Waals surface area contributed by atoms with Crippen LogP contribution in [0.5, 0.6) is 0 Å². The van der Waals surface area contributed by atoms with Crippen molar-refractivity contribution in [3.8, 4) is 0 Å². The molecule has 0 heterocycles. The van der Waals surface area contributed by atoms with Crippen LogP contribution in [0, 0.1) is 0 Å². The number of benzene rings is 2. The van der Waals surface area contributed by atoms with Crippen molar-refractivity contribution < 1.29 is 9.53 Å². The Kier molecular flexibility index (Phi) is 3.68. The molecule has 0 bridgehead atoms. The first-order chi connectivity index (χ1) is 9.19. The Morgan fingerprint density at radius 2 is 2.00 bits per heavy atom. The van der Waals surface area contributed by atoms with Gasteiger partial charge in [-0.2, -0.15) is 0 Å². The Balaban J connectivity index is 2.73. The minimum absolute atomic E-state index is 0.316. The monoisotopic (exact) mass is 255 g/mol. The number of esters is 1. The van der Waals surface area contributed by atoms with Crippen molar-refractivity contribution in [1.29, 1.82) is 0 Å². The molecule has 2 rings (SSSR count). The molecular formula is C14H13N3O2. The third-order valence-electron chi connectivity index (χ3n) is 3.09. The third kappa shape index (κ3) is 2.37. The van der Waals surface area contributed by atoms with Gasteiger partial charge >= 0.3 is 5.97 Å². The highest BCUT2D eigenvalue weighted by atomic mass is 16.5. The summed E-state index contributed by atoms with van der Waals surface area (Å²) >= 11 is 0. The fourth-order valence-electron chi connectivity index (χ4n) is 2.15. The van der Waals surface area contributed by atoms with Gasteiger partial charge in [0.15, 0.2) is 0 Å². The zero-order valence-corrected chi connectivity index (χ0v) is 10.7. The van der Waals surface area contributed by atoms with Crippen LogP contribution in [0.3, 0.4) is 0 Å². The van der Waals surface area contributed by atoms with Crippen molar-refractivity contribution in [2.75, 3.05) is 7.11 Å². The Morgan fingerprint density at radius 1 is 1.32 bits per heavy atom. The minimum Gasteiger partial charge on any atom is -0.469 e. The molecule has 0 fully saturated rings. The summed E-state index contributed by atoms with van der Waals surface area (Å²) in [5.74, 6) is -0.730. The fourth-order valence-corrected chi connectivity index (χ4v) is 2.15. The second kappa shape index (κ2) is 5.42. The van der Waals surface area contributed by atoms with E-state index < -0.39 is 5.92 Å². The molecule has 5 nitrogen and oxygen atoms in total. The molecule has 0 aromatic heterocycles. The van der Waals surface area contributed by atoms with E-state index >= 15 is 0 Å². The second-order valence-corrected chi connectivity index (χ2v) is 4.16. The number of fused-ring (bicyclic) bond motifs is 1. The minimum atomic E-state index is -0.413. The Bertz CT molecular complexity index is 670. The van der Waals surface area contributed by atoms with Crippen molar-refractivity contribution in [3.63, 3.8) is 0 Å². The van der Waals surface area contributed by atoms with Crippen LogP contribution < -0.4 is 0 Å². The van der Waals surface area contributed by atoms with Crippen LogP contribution >= 0.6 is 0 Å². The maximum absolute atomic E-state index is 11.7. The molecule has 19 heavy (non-hydrogen) atoms. The fraction of sp³-hybridized carbons (Fsp3) is 0.214. The largest absolute Gasteiger partial charge is 0.469 e. The van der Waals surface area contributed by atoms with Crippen LogP contribution in [0.4, 0.5) is 5.69 Å². The smallest absolute Gasteiger partial charge is 0.312 e. The van der Waals surface area contributed by atoms with Crippen LogP contribution in [-0.2, 0) is 9.53 Å². The highest BCUT2D eigenvalue weighted by Gasteiger charge is 2.19. The lowest BCUT2D eigenvalue weighted by Gasteiger charge is -2.14. The molecule has 0 N–H and O–H groups in total. The van der Waals surface area contributed by atoms with E-state index in [4.69, 9.17) is 10.3 Å². The lowest BCUT2D eigenvalue weighted by atomic mass is 9.94. The quantitative estimate of drug-likeness (QED) is 0.359. The molecule has 2 aromatic rings. The van der Waals surface area contributed by atoms with E-state index in [0.717, 1.165) is 16.3 Å². The molecule has 0 aliphatic heterocycles. The topological polar surface area (TPSA) is 75.1 Å². The first kappa shape index (κ1) is 12.9. The summed E-state index contributed by atoms with van der Waals surface area (Å²) in [4.78, 5) is 14.5. The van der Waals surface area contributed by atoms with E-state index in [2.05, 4.69) is 10.0 Å². The zero-order valence-electron chi connectivity index (χ0n) is 10.7. The average Bonchev–Trinajstić information content (AvgIpc) is 2.45. The molecule has 0 saturated heterocycles. The highest BCUT2D eigenvalue weighted by molar-refractivity contribution is 5.98. The standard InChI is InChI=1S/C14H13N3O2/c1-9(14(18)19-2)11-7-3-5-10-6-4-8-12(13(10)11)16-17-15/h3-9H,1-2H3. The van der Waals surface area contributed by atoms with E-state index in [1.807, 2.05) is 30.3 Å². The van der Waals surface area contributed by atoms with E-state index in [1.165, 1.54) is 7.11 Å². The van der Waals surface area contributed by atoms with Crippen molar-refractivity contribution in [2.45, 2.75) is 12.8 Å². The molecular weight excluding hydrogens is 242 g/mol. The SMILES string of the molecule is COC(=O)C(C)c1cccc2cccc(N=[N+]=[N-])c12. The molecule has 0 saturated carbocycles. The summed E-state index contributed by atoms with van der Waals surface area (Å²) in [5, 5.41) is 5.41. The summed E-state index contributed by atoms with van der Waals surface area (Å²) in [7, 11) is 1.36.